The van der Waals surface area contributed by atoms with E-state index in [2.05, 4.69) is 19.7 Å². The van der Waals surface area contributed by atoms with Gasteiger partial charge in [0.05, 0.1) is 0 Å². The molecule has 0 spiro atoms. The minimum atomic E-state index is 0.345. The van der Waals surface area contributed by atoms with Crippen molar-refractivity contribution in [3.05, 3.63) is 106 Å². The minimum absolute atomic E-state index is 0.345. The highest BCUT2D eigenvalue weighted by Gasteiger charge is 2.14. The van der Waals surface area contributed by atoms with Crippen LogP contribution >= 0.6 is 0 Å². The van der Waals surface area contributed by atoms with Crippen molar-refractivity contribution in [3.63, 3.8) is 0 Å². The molecule has 42 heavy (non-hydrogen) atoms. The van der Waals surface area contributed by atoms with Gasteiger partial charge in [0.25, 0.3) is 0 Å². The van der Waals surface area contributed by atoms with E-state index in [1.165, 1.54) is 0 Å². The average molecular weight is 571 g/mol. The molecular formula is C36H42O6. The molecule has 6 nitrogen and oxygen atoms in total. The van der Waals surface area contributed by atoms with Gasteiger partial charge in [-0.2, -0.15) is 0 Å². The van der Waals surface area contributed by atoms with Gasteiger partial charge in [0.1, 0.15) is 74.1 Å². The van der Waals surface area contributed by atoms with Crippen molar-refractivity contribution in [2.45, 2.75) is 41.5 Å². The van der Waals surface area contributed by atoms with Crippen LogP contribution in [0.5, 0.6) is 34.5 Å². The number of hydrogen-bond acceptors (Lipinski definition) is 6. The van der Waals surface area contributed by atoms with Crippen LogP contribution in [0.3, 0.4) is 0 Å². The Bertz CT molecular complexity index is 1210. The maximum atomic E-state index is 6.09. The van der Waals surface area contributed by atoms with Gasteiger partial charge < -0.3 is 28.4 Å². The van der Waals surface area contributed by atoms with Crippen molar-refractivity contribution in [2.24, 2.45) is 0 Å². The molecule has 0 atom stereocenters. The van der Waals surface area contributed by atoms with Gasteiger partial charge in [-0.3, -0.25) is 0 Å². The molecule has 0 aliphatic carbocycles. The third kappa shape index (κ3) is 7.30. The molecule has 0 radical (unpaired) electrons. The van der Waals surface area contributed by atoms with Gasteiger partial charge in [-0.15, -0.1) is 0 Å². The SMILES string of the molecule is C=C1COc2ccc(c(C)c2C)OCC(=C)COc2ccc(c(C)c2C)OCC(=C)COc2ccc(c(C)c2C)OC1. The van der Waals surface area contributed by atoms with Crippen LogP contribution in [0.25, 0.3) is 0 Å². The van der Waals surface area contributed by atoms with Gasteiger partial charge in [-0.25, -0.2) is 0 Å². The lowest BCUT2D eigenvalue weighted by atomic mass is 10.1. The van der Waals surface area contributed by atoms with Crippen LogP contribution in [0, 0.1) is 41.5 Å². The molecule has 0 N–H and O–H groups in total. The number of benzene rings is 3. The first-order chi connectivity index (χ1) is 20.0. The third-order valence-electron chi connectivity index (χ3n) is 7.65. The molecule has 3 aromatic carbocycles. The summed E-state index contributed by atoms with van der Waals surface area (Å²) in [7, 11) is 0. The summed E-state index contributed by atoms with van der Waals surface area (Å²) in [6.07, 6.45) is 0. The van der Waals surface area contributed by atoms with Crippen LogP contribution in [-0.4, -0.2) is 39.6 Å². The maximum absolute atomic E-state index is 6.09. The van der Waals surface area contributed by atoms with Crippen molar-refractivity contribution in [3.8, 4) is 34.5 Å². The zero-order valence-corrected chi connectivity index (χ0v) is 25.8. The van der Waals surface area contributed by atoms with Crippen LogP contribution in [0.15, 0.2) is 72.9 Å². The second-order valence-corrected chi connectivity index (χ2v) is 10.9. The predicted octanol–water partition coefficient (Wildman–Crippen LogP) is 7.89. The number of hydrogen-bond donors (Lipinski definition) is 0. The molecule has 4 heterocycles. The van der Waals surface area contributed by atoms with E-state index in [4.69, 9.17) is 28.4 Å². The largest absolute Gasteiger partial charge is 0.489 e. The number of ether oxygens (including phenoxy) is 6. The molecule has 3 aromatic rings. The Labute approximate surface area is 250 Å². The van der Waals surface area contributed by atoms with Gasteiger partial charge in [0.15, 0.2) is 0 Å². The zero-order valence-electron chi connectivity index (χ0n) is 25.8. The van der Waals surface area contributed by atoms with E-state index in [0.29, 0.717) is 39.6 Å². The summed E-state index contributed by atoms with van der Waals surface area (Å²) in [6, 6.07) is 11.5. The fourth-order valence-corrected chi connectivity index (χ4v) is 4.45. The fourth-order valence-electron chi connectivity index (χ4n) is 4.45. The third-order valence-corrected chi connectivity index (χ3v) is 7.65. The molecule has 0 aromatic heterocycles. The molecule has 7 rings (SSSR count). The molecular weight excluding hydrogens is 528 g/mol. The van der Waals surface area contributed by atoms with Crippen LogP contribution in [0.4, 0.5) is 0 Å². The van der Waals surface area contributed by atoms with E-state index < -0.39 is 0 Å². The highest BCUT2D eigenvalue weighted by atomic mass is 16.5. The highest BCUT2D eigenvalue weighted by Crippen LogP contribution is 2.33. The lowest BCUT2D eigenvalue weighted by Crippen LogP contribution is -2.11. The highest BCUT2D eigenvalue weighted by molar-refractivity contribution is 5.49. The first kappa shape index (κ1) is 30.6. The molecule has 0 unspecified atom stereocenters. The van der Waals surface area contributed by atoms with E-state index in [1.807, 2.05) is 77.9 Å². The summed E-state index contributed by atoms with van der Waals surface area (Å²) < 4.78 is 36.5. The summed E-state index contributed by atoms with van der Waals surface area (Å²) in [6.45, 7) is 26.6. The summed E-state index contributed by atoms with van der Waals surface area (Å²) in [5.41, 5.74) is 8.56. The van der Waals surface area contributed by atoms with E-state index in [0.717, 1.165) is 84.6 Å². The van der Waals surface area contributed by atoms with E-state index in [-0.39, 0.29) is 0 Å². The average Bonchev–Trinajstić information content (AvgIpc) is 2.97. The summed E-state index contributed by atoms with van der Waals surface area (Å²) in [4.78, 5) is 0. The Morgan fingerprint density at radius 3 is 0.619 bits per heavy atom. The van der Waals surface area contributed by atoms with Gasteiger partial charge in [-0.05, 0) is 128 Å². The lowest BCUT2D eigenvalue weighted by Gasteiger charge is -2.18. The summed E-state index contributed by atoms with van der Waals surface area (Å²) in [5, 5.41) is 0. The molecule has 6 bridgehead atoms. The van der Waals surface area contributed by atoms with E-state index in [1.54, 1.807) is 0 Å². The van der Waals surface area contributed by atoms with E-state index in [9.17, 15) is 0 Å². The van der Waals surface area contributed by atoms with Crippen LogP contribution in [0.2, 0.25) is 0 Å². The Morgan fingerprint density at radius 2 is 0.476 bits per heavy atom. The zero-order chi connectivity index (χ0) is 30.4. The molecule has 0 saturated carbocycles. The predicted molar refractivity (Wildman–Crippen MR) is 168 cm³/mol. The Balaban J connectivity index is 1.55. The first-order valence-electron chi connectivity index (χ1n) is 14.1. The number of fused-ring (bicyclic) bond motifs is 3. The lowest BCUT2D eigenvalue weighted by molar-refractivity contribution is 0.293. The second kappa shape index (κ2) is 13.6. The Hall–Kier alpha value is -4.32. The van der Waals surface area contributed by atoms with Crippen LogP contribution in [0.1, 0.15) is 33.4 Å². The Kier molecular flexibility index (Phi) is 9.89. The second-order valence-electron chi connectivity index (χ2n) is 10.9. The molecule has 4 aliphatic heterocycles. The smallest absolute Gasteiger partial charge is 0.123 e. The van der Waals surface area contributed by atoms with Gasteiger partial charge in [-0.1, -0.05) is 19.7 Å². The van der Waals surface area contributed by atoms with Gasteiger partial charge in [0, 0.05) is 0 Å². The van der Waals surface area contributed by atoms with E-state index >= 15 is 0 Å². The molecule has 222 valence electrons. The summed E-state index contributed by atoms with van der Waals surface area (Å²) >= 11 is 0. The minimum Gasteiger partial charge on any atom is -0.489 e. The standard InChI is InChI=1S/C36H42O6/c1-22-16-37-31-10-12-33(27(6)25(31)4)39-18-23(2)20-41-35-14-15-36(30(9)29(35)8)42-21-24(3)19-40-34-13-11-32(38-17-22)26(5)28(34)7/h10-15H,1-3,16-21H2,4-9H3. The van der Waals surface area contributed by atoms with Crippen molar-refractivity contribution >= 4 is 0 Å². The van der Waals surface area contributed by atoms with Crippen molar-refractivity contribution in [2.75, 3.05) is 39.6 Å². The number of rotatable bonds is 0. The molecule has 6 heteroatoms. The van der Waals surface area contributed by atoms with Crippen LogP contribution < -0.4 is 28.4 Å². The van der Waals surface area contributed by atoms with Crippen molar-refractivity contribution in [1.29, 1.82) is 0 Å². The van der Waals surface area contributed by atoms with Crippen LogP contribution in [-0.2, 0) is 0 Å². The van der Waals surface area contributed by atoms with Gasteiger partial charge >= 0.3 is 0 Å². The van der Waals surface area contributed by atoms with Crippen molar-refractivity contribution < 1.29 is 28.4 Å². The first-order valence-corrected chi connectivity index (χ1v) is 14.1. The molecule has 0 saturated heterocycles. The Morgan fingerprint density at radius 1 is 0.333 bits per heavy atom. The summed E-state index contributed by atoms with van der Waals surface area (Å²) in [5.74, 6) is 4.72. The quantitative estimate of drug-likeness (QED) is 0.256. The molecule has 0 amide bonds. The maximum Gasteiger partial charge on any atom is 0.123 e. The monoisotopic (exact) mass is 570 g/mol. The molecule has 0 fully saturated rings. The van der Waals surface area contributed by atoms with Crippen molar-refractivity contribution in [1.82, 2.24) is 0 Å². The normalized spacial score (nSPS) is 15.1. The fraction of sp³-hybridized carbons (Fsp3) is 0.333. The molecule has 4 aliphatic rings. The topological polar surface area (TPSA) is 55.4 Å². The van der Waals surface area contributed by atoms with Gasteiger partial charge in [0.2, 0.25) is 0 Å².